The summed E-state index contributed by atoms with van der Waals surface area (Å²) in [4.78, 5) is 26.4. The molecule has 0 radical (unpaired) electrons. The summed E-state index contributed by atoms with van der Waals surface area (Å²) in [5.41, 5.74) is 0.811. The van der Waals surface area contributed by atoms with Crippen molar-refractivity contribution in [1.29, 1.82) is 0 Å². The van der Waals surface area contributed by atoms with Crippen molar-refractivity contribution in [3.8, 4) is 0 Å². The van der Waals surface area contributed by atoms with Gasteiger partial charge < -0.3 is 4.74 Å². The molecule has 0 heterocycles. The number of fused-ring (bicyclic) bond motifs is 3. The second kappa shape index (κ2) is 7.17. The fourth-order valence-electron chi connectivity index (χ4n) is 8.67. The van der Waals surface area contributed by atoms with Crippen molar-refractivity contribution >= 4 is 27.7 Å². The van der Waals surface area contributed by atoms with E-state index in [9.17, 15) is 9.59 Å². The van der Waals surface area contributed by atoms with Crippen molar-refractivity contribution in [2.45, 2.75) is 85.2 Å². The SMILES string of the molecule is C[C@@]12CC[C@@H]3[C@@](CC[C@H]4[C@@]3(C)CCC[C@@]4(C)C(=O)OCc3ccccc3Br)(CC1=O)C2. The number of rotatable bonds is 3. The molecule has 4 fully saturated rings. The van der Waals surface area contributed by atoms with E-state index < -0.39 is 5.41 Å². The lowest BCUT2D eigenvalue weighted by molar-refractivity contribution is -0.189. The van der Waals surface area contributed by atoms with Gasteiger partial charge in [0.1, 0.15) is 12.4 Å². The summed E-state index contributed by atoms with van der Waals surface area (Å²) in [5, 5.41) is 0. The highest BCUT2D eigenvalue weighted by molar-refractivity contribution is 9.10. The molecule has 0 N–H and O–H groups in total. The number of ketones is 1. The lowest BCUT2D eigenvalue weighted by Crippen LogP contribution is -2.58. The topological polar surface area (TPSA) is 43.4 Å². The summed E-state index contributed by atoms with van der Waals surface area (Å²) < 4.78 is 6.93. The van der Waals surface area contributed by atoms with Gasteiger partial charge in [0.2, 0.25) is 0 Å². The standard InChI is InChI=1S/C27H35BrO3/c1-24-13-9-21-25(2)11-6-12-26(3,20(25)10-14-27(21,17-24)15-22(24)29)23(30)31-16-18-7-4-5-8-19(18)28/h4-5,7-8,20-21H,6,9-17H2,1-3H3/t20-,21-,24-,25+,26+,27-/m0/s1. The van der Waals surface area contributed by atoms with E-state index in [1.807, 2.05) is 24.3 Å². The molecule has 6 atom stereocenters. The lowest BCUT2D eigenvalue weighted by Gasteiger charge is -2.63. The van der Waals surface area contributed by atoms with Crippen molar-refractivity contribution in [3.05, 3.63) is 34.3 Å². The van der Waals surface area contributed by atoms with Gasteiger partial charge in [-0.15, -0.1) is 0 Å². The first-order valence-electron chi connectivity index (χ1n) is 12.1. The molecule has 1 spiro atoms. The fourth-order valence-corrected chi connectivity index (χ4v) is 9.07. The van der Waals surface area contributed by atoms with Crippen LogP contribution in [0.15, 0.2) is 28.7 Å². The van der Waals surface area contributed by atoms with Crippen LogP contribution in [-0.2, 0) is 20.9 Å². The van der Waals surface area contributed by atoms with Crippen LogP contribution >= 0.6 is 15.9 Å². The van der Waals surface area contributed by atoms with Gasteiger partial charge in [0.25, 0.3) is 0 Å². The summed E-state index contributed by atoms with van der Waals surface area (Å²) in [6.45, 7) is 7.15. The Morgan fingerprint density at radius 2 is 1.81 bits per heavy atom. The minimum Gasteiger partial charge on any atom is -0.460 e. The highest BCUT2D eigenvalue weighted by Gasteiger charge is 2.68. The second-order valence-electron chi connectivity index (χ2n) is 11.8. The molecule has 4 aliphatic rings. The lowest BCUT2D eigenvalue weighted by atomic mass is 9.40. The molecule has 5 rings (SSSR count). The number of benzene rings is 1. The monoisotopic (exact) mass is 486 g/mol. The van der Waals surface area contributed by atoms with Crippen molar-refractivity contribution < 1.29 is 14.3 Å². The maximum atomic E-state index is 13.5. The summed E-state index contributed by atoms with van der Waals surface area (Å²) in [5.74, 6) is 1.38. The molecule has 0 aliphatic heterocycles. The van der Waals surface area contributed by atoms with E-state index in [1.54, 1.807) is 0 Å². The minimum atomic E-state index is -0.431. The van der Waals surface area contributed by atoms with Crippen molar-refractivity contribution in [2.75, 3.05) is 0 Å². The van der Waals surface area contributed by atoms with Gasteiger partial charge in [-0.05, 0) is 80.6 Å². The Hall–Kier alpha value is -1.16. The van der Waals surface area contributed by atoms with Crippen molar-refractivity contribution in [1.82, 2.24) is 0 Å². The van der Waals surface area contributed by atoms with Crippen LogP contribution < -0.4 is 0 Å². The molecule has 4 saturated carbocycles. The van der Waals surface area contributed by atoms with E-state index in [0.717, 1.165) is 61.4 Å². The highest BCUT2D eigenvalue weighted by Crippen LogP contribution is 2.73. The van der Waals surface area contributed by atoms with Gasteiger partial charge in [-0.25, -0.2) is 0 Å². The molecule has 0 aromatic heterocycles. The molecule has 0 saturated heterocycles. The van der Waals surface area contributed by atoms with Crippen molar-refractivity contribution in [2.24, 2.45) is 33.5 Å². The Morgan fingerprint density at radius 1 is 1.06 bits per heavy atom. The summed E-state index contributed by atoms with van der Waals surface area (Å²) >= 11 is 3.57. The Kier molecular flexibility index (Phi) is 5.01. The molecule has 3 nitrogen and oxygen atoms in total. The molecule has 1 aromatic carbocycles. The predicted octanol–water partition coefficient (Wildman–Crippen LogP) is 6.86. The molecule has 0 amide bonds. The van der Waals surface area contributed by atoms with Crippen LogP contribution in [0.25, 0.3) is 0 Å². The molecule has 0 unspecified atom stereocenters. The van der Waals surface area contributed by atoms with E-state index in [2.05, 4.69) is 36.7 Å². The van der Waals surface area contributed by atoms with E-state index in [4.69, 9.17) is 4.74 Å². The van der Waals surface area contributed by atoms with Crippen LogP contribution in [0.2, 0.25) is 0 Å². The normalized spacial score (nSPS) is 43.8. The van der Waals surface area contributed by atoms with Crippen LogP contribution in [0, 0.1) is 33.5 Å². The summed E-state index contributed by atoms with van der Waals surface area (Å²) in [6.07, 6.45) is 9.37. The minimum absolute atomic E-state index is 0.0294. The molecular weight excluding hydrogens is 452 g/mol. The van der Waals surface area contributed by atoms with Crippen LogP contribution in [0.5, 0.6) is 0 Å². The van der Waals surface area contributed by atoms with E-state index in [0.29, 0.717) is 24.2 Å². The van der Waals surface area contributed by atoms with Crippen molar-refractivity contribution in [3.63, 3.8) is 0 Å². The summed E-state index contributed by atoms with van der Waals surface area (Å²) in [6, 6.07) is 7.95. The highest BCUT2D eigenvalue weighted by atomic mass is 79.9. The maximum absolute atomic E-state index is 13.5. The molecule has 4 heteroatoms. The number of esters is 1. The van der Waals surface area contributed by atoms with E-state index in [-0.39, 0.29) is 22.2 Å². The zero-order valence-electron chi connectivity index (χ0n) is 19.1. The van der Waals surface area contributed by atoms with Gasteiger partial charge in [0.15, 0.2) is 0 Å². The number of Topliss-reactive ketones (excluding diaryl/α,β-unsaturated/α-hetero) is 1. The Morgan fingerprint density at radius 3 is 2.58 bits per heavy atom. The first kappa shape index (κ1) is 21.7. The smallest absolute Gasteiger partial charge is 0.312 e. The third-order valence-electron chi connectivity index (χ3n) is 10.1. The molecule has 2 bridgehead atoms. The number of hydrogen-bond acceptors (Lipinski definition) is 3. The van der Waals surface area contributed by atoms with Gasteiger partial charge in [-0.2, -0.15) is 0 Å². The number of ether oxygens (including phenoxy) is 1. The van der Waals surface area contributed by atoms with Crippen LogP contribution in [0.3, 0.4) is 0 Å². The average molecular weight is 487 g/mol. The van der Waals surface area contributed by atoms with Gasteiger partial charge in [0, 0.05) is 21.9 Å². The molecule has 1 aromatic rings. The number of hydrogen-bond donors (Lipinski definition) is 0. The van der Waals surface area contributed by atoms with Gasteiger partial charge in [-0.1, -0.05) is 54.4 Å². The second-order valence-corrected chi connectivity index (χ2v) is 12.7. The fraction of sp³-hybridized carbons (Fsp3) is 0.704. The molecule has 168 valence electrons. The first-order valence-corrected chi connectivity index (χ1v) is 12.9. The van der Waals surface area contributed by atoms with Crippen LogP contribution in [0.4, 0.5) is 0 Å². The zero-order valence-corrected chi connectivity index (χ0v) is 20.7. The Bertz CT molecular complexity index is 927. The number of carbonyl (C=O) groups excluding carboxylic acids is 2. The number of carbonyl (C=O) groups is 2. The third-order valence-corrected chi connectivity index (χ3v) is 10.9. The van der Waals surface area contributed by atoms with E-state index in [1.165, 1.54) is 6.42 Å². The average Bonchev–Trinajstić information content (AvgIpc) is 2.90. The predicted molar refractivity (Wildman–Crippen MR) is 124 cm³/mol. The van der Waals surface area contributed by atoms with Gasteiger partial charge in [-0.3, -0.25) is 9.59 Å². The quantitative estimate of drug-likeness (QED) is 0.438. The van der Waals surface area contributed by atoms with Crippen LogP contribution in [0.1, 0.15) is 84.1 Å². The maximum Gasteiger partial charge on any atom is 0.312 e. The Labute approximate surface area is 194 Å². The van der Waals surface area contributed by atoms with Gasteiger partial charge >= 0.3 is 5.97 Å². The molecule has 31 heavy (non-hydrogen) atoms. The molecular formula is C27H35BrO3. The zero-order chi connectivity index (χ0) is 22.1. The summed E-state index contributed by atoms with van der Waals surface area (Å²) in [7, 11) is 0. The third kappa shape index (κ3) is 3.10. The molecule has 4 aliphatic carbocycles. The first-order chi connectivity index (χ1) is 14.6. The number of halogens is 1. The van der Waals surface area contributed by atoms with Crippen LogP contribution in [-0.4, -0.2) is 11.8 Å². The van der Waals surface area contributed by atoms with E-state index >= 15 is 0 Å². The largest absolute Gasteiger partial charge is 0.460 e. The van der Waals surface area contributed by atoms with Gasteiger partial charge in [0.05, 0.1) is 5.41 Å². The Balaban J connectivity index is 1.40.